The van der Waals surface area contributed by atoms with Crippen LogP contribution in [0, 0.1) is 17.5 Å². The van der Waals surface area contributed by atoms with Gasteiger partial charge in [0.25, 0.3) is 0 Å². The Labute approximate surface area is 630 Å². The number of nitrogens with zero attached hydrogens (tertiary/aromatic N) is 3. The van der Waals surface area contributed by atoms with E-state index < -0.39 is 131 Å². The van der Waals surface area contributed by atoms with Crippen molar-refractivity contribution < 1.29 is 70.5 Å². The quantitative estimate of drug-likeness (QED) is 0.0115. The van der Waals surface area contributed by atoms with Crippen LogP contribution in [0.1, 0.15) is 159 Å². The lowest BCUT2D eigenvalue weighted by molar-refractivity contribution is -0.137. The van der Waals surface area contributed by atoms with Crippen LogP contribution in [0.4, 0.5) is 44.6 Å². The minimum Gasteiger partial charge on any atom is -0.443 e. The molecular weight excluding hydrogens is 1400 g/mol. The first-order valence-electron chi connectivity index (χ1n) is 36.5. The summed E-state index contributed by atoms with van der Waals surface area (Å²) in [4.78, 5) is 143. The van der Waals surface area contributed by atoms with E-state index in [1.807, 2.05) is 0 Å². The fourth-order valence-electron chi connectivity index (χ4n) is 12.9. The maximum atomic E-state index is 14.8. The van der Waals surface area contributed by atoms with Crippen molar-refractivity contribution in [1.82, 2.24) is 29.7 Å². The van der Waals surface area contributed by atoms with Gasteiger partial charge in [-0.25, -0.2) is 42.3 Å². The number of carbonyl (C=O) groups excluding carboxylic acids is 9. The first-order chi connectivity index (χ1) is 51.7. The fourth-order valence-corrected chi connectivity index (χ4v) is 12.9. The van der Waals surface area contributed by atoms with Gasteiger partial charge in [-0.2, -0.15) is 0 Å². The Morgan fingerprint density at radius 2 is 0.624 bits per heavy atom. The smallest absolute Gasteiger partial charge is 0.417 e. The number of rotatable bonds is 30. The van der Waals surface area contributed by atoms with Crippen LogP contribution in [0.5, 0.6) is 0 Å². The van der Waals surface area contributed by atoms with Gasteiger partial charge in [-0.3, -0.25) is 28.8 Å². The van der Waals surface area contributed by atoms with Gasteiger partial charge in [0.15, 0.2) is 0 Å². The normalized spacial score (nSPS) is 12.7. The van der Waals surface area contributed by atoms with E-state index in [2.05, 4.69) is 30.9 Å². The van der Waals surface area contributed by atoms with Gasteiger partial charge < -0.3 is 62.3 Å². The number of aromatic nitrogens is 3. The summed E-state index contributed by atoms with van der Waals surface area (Å²) in [5.41, 5.74) is 20.0. The van der Waals surface area contributed by atoms with Crippen molar-refractivity contribution >= 4 is 103 Å². The van der Waals surface area contributed by atoms with Crippen LogP contribution in [-0.4, -0.2) is 138 Å². The highest BCUT2D eigenvalue weighted by Gasteiger charge is 2.42. The fraction of sp³-hybridized carbons (Fsp3) is 0.378. The van der Waals surface area contributed by atoms with Crippen LogP contribution >= 0.6 is 0 Å². The Balaban J connectivity index is 1.06. The number of H-pyrrole nitrogens is 3. The molecule has 0 unspecified atom stereocenters. The predicted molar refractivity (Wildman–Crippen MR) is 411 cm³/mol. The molecule has 0 aliphatic carbocycles. The molecule has 9 amide bonds. The summed E-state index contributed by atoms with van der Waals surface area (Å²) in [5.74, 6) is -6.81. The third-order valence-electron chi connectivity index (χ3n) is 18.0. The molecule has 0 saturated carbocycles. The highest BCUT2D eigenvalue weighted by molar-refractivity contribution is 6.06. The number of halogens is 3. The molecular formula is C82H97F3N12O12. The van der Waals surface area contributed by atoms with Crippen LogP contribution in [0.3, 0.4) is 0 Å². The molecule has 0 aliphatic rings. The van der Waals surface area contributed by atoms with Crippen molar-refractivity contribution in [2.75, 3.05) is 35.6 Å². The summed E-state index contributed by atoms with van der Waals surface area (Å²) in [6.45, 7) is 15.4. The average Bonchev–Trinajstić information content (AvgIpc) is 1.76. The highest BCUT2D eigenvalue weighted by Crippen LogP contribution is 2.36. The number of ether oxygens (including phenoxy) is 3. The minimum absolute atomic E-state index is 0.00214. The van der Waals surface area contributed by atoms with E-state index in [1.54, 1.807) is 154 Å². The molecule has 9 aromatic rings. The zero-order valence-electron chi connectivity index (χ0n) is 62.9. The van der Waals surface area contributed by atoms with E-state index in [1.165, 1.54) is 54.6 Å². The minimum atomic E-state index is -1.42. The summed E-state index contributed by atoms with van der Waals surface area (Å²) in [6, 6.07) is 28.3. The third kappa shape index (κ3) is 22.0. The van der Waals surface area contributed by atoms with Crippen molar-refractivity contribution in [3.8, 4) is 0 Å². The molecule has 0 aliphatic heterocycles. The van der Waals surface area contributed by atoms with E-state index >= 15 is 0 Å². The van der Waals surface area contributed by atoms with Gasteiger partial charge in [0.2, 0.25) is 35.4 Å². The molecule has 0 spiro atoms. The summed E-state index contributed by atoms with van der Waals surface area (Å²) in [6.07, 6.45) is 2.54. The highest BCUT2D eigenvalue weighted by atomic mass is 19.1. The van der Waals surface area contributed by atoms with Gasteiger partial charge in [0.1, 0.15) is 52.4 Å². The molecule has 0 bridgehead atoms. The summed E-state index contributed by atoms with van der Waals surface area (Å²) >= 11 is 0. The van der Waals surface area contributed by atoms with Crippen LogP contribution in [-0.2, 0) is 62.2 Å². The van der Waals surface area contributed by atoms with Crippen LogP contribution in [0.15, 0.2) is 146 Å². The third-order valence-corrected chi connectivity index (χ3v) is 18.0. The second-order valence-electron chi connectivity index (χ2n) is 29.9. The molecule has 0 fully saturated rings. The Morgan fingerprint density at radius 3 is 0.853 bits per heavy atom. The van der Waals surface area contributed by atoms with Crippen molar-refractivity contribution in [2.24, 2.45) is 17.2 Å². The number of unbranched alkanes of at least 4 members (excludes halogenated alkanes) is 3. The van der Waals surface area contributed by atoms with Gasteiger partial charge in [-0.05, 0) is 264 Å². The molecule has 3 atom stereocenters. The monoisotopic (exact) mass is 1500 g/mol. The largest absolute Gasteiger partial charge is 0.443 e. The van der Waals surface area contributed by atoms with Gasteiger partial charge in [0.05, 0.1) is 19.3 Å². The van der Waals surface area contributed by atoms with Crippen molar-refractivity contribution in [3.63, 3.8) is 0 Å². The van der Waals surface area contributed by atoms with Crippen LogP contribution in [0.25, 0.3) is 32.7 Å². The number of aromatic amines is 3. The second kappa shape index (κ2) is 36.2. The lowest BCUT2D eigenvalue weighted by Crippen LogP contribution is -2.52. The van der Waals surface area contributed by atoms with Gasteiger partial charge in [-0.15, -0.1) is 0 Å². The molecule has 27 heteroatoms. The zero-order chi connectivity index (χ0) is 79.1. The molecule has 12 N–H and O–H groups in total. The van der Waals surface area contributed by atoms with E-state index in [4.69, 9.17) is 31.4 Å². The molecule has 3 heterocycles. The van der Waals surface area contributed by atoms with Crippen molar-refractivity contribution in [3.05, 3.63) is 197 Å². The Bertz CT molecular complexity index is 4260. The first-order valence-corrected chi connectivity index (χ1v) is 36.5. The van der Waals surface area contributed by atoms with Crippen LogP contribution in [0.2, 0.25) is 0 Å². The number of nitrogens with two attached hydrogens (primary N) is 3. The number of benzene rings is 6. The average molecular weight is 1500 g/mol. The Hall–Kier alpha value is -11.2. The first kappa shape index (κ1) is 81.9. The number of hydrogen-bond donors (Lipinski definition) is 9. The van der Waals surface area contributed by atoms with E-state index in [0.717, 1.165) is 14.7 Å². The lowest BCUT2D eigenvalue weighted by atomic mass is 9.85. The summed E-state index contributed by atoms with van der Waals surface area (Å²) in [5, 5.41) is 9.98. The SMILES string of the molecule is CC(C)(C)OC(=O)N(C(=O)Cc1c[nH]c2ccc(F)cc12)[C@@H](CCCCN)C(=O)Nc1ccc(C(c2ccc(NC(=O)[C@H](CCCCN)N(C(=O)Cc3c[nH]c4ccc(F)cc34)C(=O)OC(C)(C)C)cc2)c2ccc(NC(=O)[C@H](CCCCN)N(C(=O)Cc3c[nH]c4ccc(F)cc34)C(=O)OC(C)(C)C)cc2)cc1. The van der Waals surface area contributed by atoms with E-state index in [-0.39, 0.29) is 56.0 Å². The molecule has 0 radical (unpaired) electrons. The van der Waals surface area contributed by atoms with E-state index in [0.29, 0.717) is 105 Å². The van der Waals surface area contributed by atoms with Crippen molar-refractivity contribution in [1.29, 1.82) is 0 Å². The van der Waals surface area contributed by atoms with Crippen LogP contribution < -0.4 is 33.2 Å². The molecule has 24 nitrogen and oxygen atoms in total. The number of carbonyl (C=O) groups is 9. The maximum Gasteiger partial charge on any atom is 0.417 e. The Kier molecular flexibility index (Phi) is 27.2. The van der Waals surface area contributed by atoms with Crippen molar-refractivity contribution in [2.45, 2.75) is 180 Å². The predicted octanol–water partition coefficient (Wildman–Crippen LogP) is 14.1. The van der Waals surface area contributed by atoms with Gasteiger partial charge in [-0.1, -0.05) is 36.4 Å². The lowest BCUT2D eigenvalue weighted by Gasteiger charge is -2.31. The number of fused-ring (bicyclic) bond motifs is 3. The van der Waals surface area contributed by atoms with Gasteiger partial charge in [0, 0.05) is 74.3 Å². The molecule has 578 valence electrons. The molecule has 109 heavy (non-hydrogen) atoms. The standard InChI is InChI=1S/C82H97F3N12O12/c1-80(2,3)107-77(104)95(70(98)40-52-46-89-64-34-25-55(83)43-61(52)64)67(16-10-13-37-86)74(101)92-58-28-19-49(20-29-58)73(50-21-30-59(31-22-50)93-75(102)68(17-11-14-38-87)96(78(105)108-81(4,5)6)71(99)41-53-47-90-65-35-26-56(84)44-62(53)65)51-23-32-60(33-24-51)94-76(103)69(18-12-15-39-88)97(79(106)109-82(7,8)9)72(100)42-54-48-91-66-36-27-57(85)45-63(54)66/h19-36,43-48,67-69,73,89-91H,10-18,37-42,86-88H2,1-9H3,(H,92,101)(H,93,102)(H,94,103)/t67-,68-,69-/m0/s1. The van der Waals surface area contributed by atoms with Gasteiger partial charge >= 0.3 is 18.3 Å². The zero-order valence-corrected chi connectivity index (χ0v) is 62.9. The number of imide groups is 3. The summed E-state index contributed by atoms with van der Waals surface area (Å²) in [7, 11) is 0. The molecule has 9 rings (SSSR count). The second-order valence-corrected chi connectivity index (χ2v) is 29.9. The molecule has 0 saturated heterocycles. The Morgan fingerprint density at radius 1 is 0.376 bits per heavy atom. The van der Waals surface area contributed by atoms with E-state index in [9.17, 15) is 56.3 Å². The number of nitrogens with one attached hydrogen (secondary N) is 6. The maximum absolute atomic E-state index is 14.8. The number of hydrogen-bond acceptors (Lipinski definition) is 15. The number of anilines is 3. The molecule has 3 aromatic heterocycles. The molecule has 6 aromatic carbocycles. The topological polar surface area (TPSA) is 353 Å². The summed E-state index contributed by atoms with van der Waals surface area (Å²) < 4.78 is 61.1. The number of amides is 9.